The Hall–Kier alpha value is -5.87. The Balaban J connectivity index is 0.436. The molecule has 8 bridgehead atoms. The molecule has 0 heterocycles. The van der Waals surface area contributed by atoms with Gasteiger partial charge in [-0.2, -0.15) is 0 Å². The summed E-state index contributed by atoms with van der Waals surface area (Å²) in [6.07, 6.45) is 52.1. The molecule has 14 saturated carbocycles. The molecule has 14 aliphatic carbocycles. The highest BCUT2D eigenvalue weighted by Crippen LogP contribution is 2.79. The lowest BCUT2D eigenvalue weighted by Crippen LogP contribution is -2.46. The van der Waals surface area contributed by atoms with Gasteiger partial charge in [0, 0.05) is 48.3 Å². The predicted octanol–water partition coefficient (Wildman–Crippen LogP) is 26.4. The average Bonchev–Trinajstić information content (AvgIpc) is 1.48. The molecule has 0 aromatic heterocycles. The van der Waals surface area contributed by atoms with Crippen LogP contribution >= 0.6 is 0 Å². The highest BCUT2D eigenvalue weighted by atomic mass is 16.7. The van der Waals surface area contributed by atoms with Crippen molar-refractivity contribution in [3.05, 3.63) is 95.6 Å². The van der Waals surface area contributed by atoms with E-state index in [2.05, 4.69) is 75.5 Å². The topological polar surface area (TPSA) is 203 Å². The first-order valence-electron chi connectivity index (χ1n) is 54.4. The molecule has 16 nitrogen and oxygen atoms in total. The van der Waals surface area contributed by atoms with Gasteiger partial charge < -0.3 is 42.6 Å². The Morgan fingerprint density at radius 2 is 0.840 bits per heavy atom. The van der Waals surface area contributed by atoms with Crippen molar-refractivity contribution in [2.24, 2.45) is 172 Å². The van der Waals surface area contributed by atoms with Gasteiger partial charge in [-0.1, -0.05) is 175 Å². The van der Waals surface area contributed by atoms with E-state index in [4.69, 9.17) is 42.6 Å². The number of rotatable bonds is 52. The Bertz CT molecular complexity index is 4210. The van der Waals surface area contributed by atoms with E-state index < -0.39 is 23.1 Å². The lowest BCUT2D eigenvalue weighted by atomic mass is 9.61. The molecule has 14 aliphatic rings. The van der Waals surface area contributed by atoms with Crippen molar-refractivity contribution in [3.63, 3.8) is 0 Å². The smallest absolute Gasteiger partial charge is 0.338 e. The fourth-order valence-electron chi connectivity index (χ4n) is 33.4. The molecule has 131 heavy (non-hydrogen) atoms. The zero-order valence-corrected chi connectivity index (χ0v) is 82.5. The van der Waals surface area contributed by atoms with Crippen LogP contribution in [0.25, 0.3) is 0 Å². The second-order valence-corrected chi connectivity index (χ2v) is 47.0. The molecule has 0 spiro atoms. The maximum absolute atomic E-state index is 14.2. The van der Waals surface area contributed by atoms with Crippen LogP contribution in [0.15, 0.2) is 73.3 Å². The molecule has 0 amide bonds. The molecule has 27 unspecified atom stereocenters. The van der Waals surface area contributed by atoms with Crippen molar-refractivity contribution in [2.75, 3.05) is 39.8 Å². The summed E-state index contributed by atoms with van der Waals surface area (Å²) < 4.78 is 56.2. The van der Waals surface area contributed by atoms with Crippen LogP contribution in [0, 0.1) is 172 Å². The lowest BCUT2D eigenvalue weighted by Gasteiger charge is -2.44. The second kappa shape index (κ2) is 43.4. The van der Waals surface area contributed by atoms with Gasteiger partial charge in [0.05, 0.1) is 54.3 Å². The molecule has 16 heteroatoms. The van der Waals surface area contributed by atoms with Crippen LogP contribution in [-0.4, -0.2) is 104 Å². The molecule has 2 aromatic rings. The van der Waals surface area contributed by atoms with Crippen LogP contribution < -0.4 is 0 Å². The Labute approximate surface area is 788 Å². The standard InChI is InChI=1S/C115H170O16/c1-13-19-21-23-24-30-38-77-47-46-76(37-29-22-20-14-2)86(44-32-27-28-34-48-123-70-128-113(11,16-4)101-63-83-60-96(101)91-53-74(51-88(83)91)68-126-108(119)78-39-35-41-80(57-78)110(121)130-112(9,10)100-62-82-59-95(100)90-52-72(49-87(82)90)66-124-103(116)15-3)85(77)43-31-25-26-33-45-104(117)129-114(12)105-98-65-99(106(105)114)94-56-75(55-93(94)98)69-127-109(120)79-40-36-42-81(58-79)111(122)131-115(17-5,18-6)102-64-84-61-97(102)92-54-73(50-89(84)92)67-125-107(118)71(7)8/h15,35-36,39-42,57-58,72-77,82-102,105-106H,3,7,13-14,16-34,37-38,43-56,59-70H2,1-2,4-6,8-12H3/t72?,73?,74?,75?,76?,77?,82-,83?,84?,85?,86?,87+,88?,89?,90?,91?,92?,93?,94?,95?,96?,97?,98?,99?,100?,101?,102?,105?,106?,113?,114?/m0/s1. The molecule has 29 atom stereocenters. The normalized spacial score (nSPS) is 36.1. The third-order valence-electron chi connectivity index (χ3n) is 39.6. The fraction of sp³-hybridized carbons (Fsp3) is 0.800. The van der Waals surface area contributed by atoms with E-state index in [0.29, 0.717) is 204 Å². The number of unbranched alkanes of at least 4 members (excludes halogenated alkanes) is 14. The SMILES string of the molecule is C=CC(=O)OCC1CC2C3C[C@@H](CC3C(C)(C)OC(=O)c3cccc(C(=O)OCC4CC5C6CC(C5C4)C(C(C)(CC)OCOCCCCCCC4C(CCCCCC)CCC(CCCCCCCC)C4CCCCCCC(=O)OC4(C)C5C7CC(C8CC(COC(=O)c9cccc(C(=O)OC(CC)(CC)C%10CC%11CC%10C%10CC(COC(=O)C(=C)C)CC%11%10)c9)CC87)C54)C6)c3)[C@H]2C1. The van der Waals surface area contributed by atoms with E-state index in [1.54, 1.807) is 55.5 Å². The second-order valence-electron chi connectivity index (χ2n) is 47.0. The number of hydrogen-bond acceptors (Lipinski definition) is 16. The quantitative estimate of drug-likeness (QED) is 0.0199. The van der Waals surface area contributed by atoms with Crippen molar-refractivity contribution in [1.29, 1.82) is 0 Å². The summed E-state index contributed by atoms with van der Waals surface area (Å²) in [6, 6.07) is 13.9. The highest BCUT2D eigenvalue weighted by molar-refractivity contribution is 5.96. The number of fused-ring (bicyclic) bond motifs is 23. The van der Waals surface area contributed by atoms with Gasteiger partial charge in [-0.3, -0.25) is 4.79 Å². The fourth-order valence-corrected chi connectivity index (χ4v) is 33.4. The minimum Gasteiger partial charge on any atom is -0.462 e. The number of carbonyl (C=O) groups is 7. The minimum absolute atomic E-state index is 0.00412. The third kappa shape index (κ3) is 21.5. The van der Waals surface area contributed by atoms with Gasteiger partial charge in [-0.25, -0.2) is 28.8 Å². The van der Waals surface area contributed by atoms with E-state index in [0.717, 1.165) is 133 Å². The first-order valence-corrected chi connectivity index (χ1v) is 54.4. The number of benzene rings is 2. The minimum atomic E-state index is -0.663. The molecular weight excluding hydrogens is 1640 g/mol. The summed E-state index contributed by atoms with van der Waals surface area (Å²) in [7, 11) is 0. The van der Waals surface area contributed by atoms with Gasteiger partial charge in [-0.15, -0.1) is 0 Å². The van der Waals surface area contributed by atoms with Crippen LogP contribution in [0.3, 0.4) is 0 Å². The van der Waals surface area contributed by atoms with E-state index in [9.17, 15) is 33.6 Å². The third-order valence-corrected chi connectivity index (χ3v) is 39.6. The van der Waals surface area contributed by atoms with Crippen molar-refractivity contribution >= 4 is 41.8 Å². The average molecular weight is 1810 g/mol. The largest absolute Gasteiger partial charge is 0.462 e. The van der Waals surface area contributed by atoms with Gasteiger partial charge in [-0.05, 0) is 373 Å². The van der Waals surface area contributed by atoms with Crippen molar-refractivity contribution < 1.29 is 76.2 Å². The summed E-state index contributed by atoms with van der Waals surface area (Å²) in [6.45, 7) is 31.8. The van der Waals surface area contributed by atoms with Gasteiger partial charge in [0.15, 0.2) is 0 Å². The van der Waals surface area contributed by atoms with E-state index in [1.807, 2.05) is 0 Å². The first-order chi connectivity index (χ1) is 63.3. The van der Waals surface area contributed by atoms with Crippen molar-refractivity contribution in [3.8, 4) is 0 Å². The van der Waals surface area contributed by atoms with Gasteiger partial charge in [0.1, 0.15) is 23.6 Å². The molecular formula is C115H170O16. The summed E-state index contributed by atoms with van der Waals surface area (Å²) in [5.74, 6) is 13.9. The zero-order chi connectivity index (χ0) is 92.0. The van der Waals surface area contributed by atoms with Crippen LogP contribution in [0.4, 0.5) is 0 Å². The Kier molecular flexibility index (Phi) is 32.6. The first kappa shape index (κ1) is 98.2. The van der Waals surface area contributed by atoms with Gasteiger partial charge >= 0.3 is 41.8 Å². The summed E-state index contributed by atoms with van der Waals surface area (Å²) in [5.41, 5.74) is 0.133. The van der Waals surface area contributed by atoms with Crippen LogP contribution in [-0.2, 0) is 57.0 Å². The molecule has 14 fully saturated rings. The zero-order valence-electron chi connectivity index (χ0n) is 82.5. The van der Waals surface area contributed by atoms with Crippen LogP contribution in [0.1, 0.15) is 387 Å². The molecule has 2 aromatic carbocycles. The Morgan fingerprint density at radius 1 is 0.427 bits per heavy atom. The molecule has 0 N–H and O–H groups in total. The van der Waals surface area contributed by atoms with Crippen LogP contribution in [0.5, 0.6) is 0 Å². The highest BCUT2D eigenvalue weighted by Gasteiger charge is 2.80. The van der Waals surface area contributed by atoms with E-state index in [1.165, 1.54) is 173 Å². The van der Waals surface area contributed by atoms with Crippen molar-refractivity contribution in [1.82, 2.24) is 0 Å². The number of hydrogen-bond donors (Lipinski definition) is 0. The lowest BCUT2D eigenvalue weighted by molar-refractivity contribution is -0.171. The molecule has 726 valence electrons. The number of esters is 7. The summed E-state index contributed by atoms with van der Waals surface area (Å²) in [5, 5.41) is 0. The maximum Gasteiger partial charge on any atom is 0.338 e. The van der Waals surface area contributed by atoms with Gasteiger partial charge in [0.2, 0.25) is 0 Å². The molecule has 0 aliphatic heterocycles. The monoisotopic (exact) mass is 1810 g/mol. The van der Waals surface area contributed by atoms with Crippen molar-refractivity contribution in [2.45, 2.75) is 368 Å². The van der Waals surface area contributed by atoms with Crippen LogP contribution in [0.2, 0.25) is 0 Å². The predicted molar refractivity (Wildman–Crippen MR) is 511 cm³/mol. The van der Waals surface area contributed by atoms with E-state index >= 15 is 0 Å². The number of ether oxygens (including phenoxy) is 9. The van der Waals surface area contributed by atoms with E-state index in [-0.39, 0.29) is 52.9 Å². The molecule has 0 radical (unpaired) electrons. The maximum atomic E-state index is 14.2. The van der Waals surface area contributed by atoms with Gasteiger partial charge in [0.25, 0.3) is 0 Å². The molecule has 0 saturated heterocycles. The summed E-state index contributed by atoms with van der Waals surface area (Å²) in [4.78, 5) is 93.7. The summed E-state index contributed by atoms with van der Waals surface area (Å²) >= 11 is 0. The number of carbonyl (C=O) groups excluding carboxylic acids is 7. The Morgan fingerprint density at radius 3 is 1.34 bits per heavy atom. The molecule has 16 rings (SSSR count).